The van der Waals surface area contributed by atoms with Crippen LogP contribution in [0.2, 0.25) is 0 Å². The van der Waals surface area contributed by atoms with E-state index < -0.39 is 18.5 Å². The number of urea groups is 1. The Morgan fingerprint density at radius 3 is 2.58 bits per heavy atom. The molecule has 2 amide bonds. The lowest BCUT2D eigenvalue weighted by atomic mass is 9.90. The number of nitrogens with one attached hydrogen (secondary N) is 1. The summed E-state index contributed by atoms with van der Waals surface area (Å²) >= 11 is 0. The van der Waals surface area contributed by atoms with Gasteiger partial charge in [0.1, 0.15) is 6.54 Å². The quantitative estimate of drug-likeness (QED) is 0.639. The van der Waals surface area contributed by atoms with Gasteiger partial charge in [0.25, 0.3) is 0 Å². The molecule has 0 aliphatic heterocycles. The second-order valence-corrected chi connectivity index (χ2v) is 5.02. The van der Waals surface area contributed by atoms with E-state index in [-0.39, 0.29) is 12.0 Å². The van der Waals surface area contributed by atoms with Crippen molar-refractivity contribution in [3.63, 3.8) is 0 Å². The maximum atomic E-state index is 11.8. The molecular formula is C13H22N2O4. The lowest BCUT2D eigenvalue weighted by molar-refractivity contribution is -0.137. The summed E-state index contributed by atoms with van der Waals surface area (Å²) in [5.74, 6) is 1.17. The first kappa shape index (κ1) is 17.3. The molecule has 0 aliphatic carbocycles. The summed E-state index contributed by atoms with van der Waals surface area (Å²) in [4.78, 5) is 23.5. The van der Waals surface area contributed by atoms with Gasteiger partial charge in [-0.05, 0) is 11.8 Å². The van der Waals surface area contributed by atoms with Gasteiger partial charge in [0.15, 0.2) is 0 Å². The third kappa shape index (κ3) is 8.06. The Balaban J connectivity index is 4.32. The second kappa shape index (κ2) is 8.38. The smallest absolute Gasteiger partial charge is 0.323 e. The minimum Gasteiger partial charge on any atom is -0.480 e. The molecule has 0 bridgehead atoms. The Labute approximate surface area is 114 Å². The minimum atomic E-state index is -1.09. The number of carbonyl (C=O) groups excluding carboxylic acids is 1. The van der Waals surface area contributed by atoms with Crippen molar-refractivity contribution < 1.29 is 19.4 Å². The van der Waals surface area contributed by atoms with E-state index in [0.717, 1.165) is 11.3 Å². The van der Waals surface area contributed by atoms with Gasteiger partial charge in [-0.2, -0.15) is 0 Å². The summed E-state index contributed by atoms with van der Waals surface area (Å²) in [7, 11) is 1.62. The monoisotopic (exact) mass is 270 g/mol. The number of carboxylic acids is 1. The largest absolute Gasteiger partial charge is 0.480 e. The minimum absolute atomic E-state index is 0.0311. The third-order valence-corrected chi connectivity index (χ3v) is 2.60. The molecule has 0 aromatic rings. The highest BCUT2D eigenvalue weighted by Gasteiger charge is 2.21. The summed E-state index contributed by atoms with van der Waals surface area (Å²) in [6.45, 7) is 4.58. The predicted molar refractivity (Wildman–Crippen MR) is 71.7 cm³/mol. The van der Waals surface area contributed by atoms with E-state index in [1.165, 1.54) is 0 Å². The van der Waals surface area contributed by atoms with Crippen molar-refractivity contribution in [3.05, 3.63) is 0 Å². The third-order valence-electron chi connectivity index (χ3n) is 2.60. The molecular weight excluding hydrogens is 248 g/mol. The molecule has 0 rings (SSSR count). The van der Waals surface area contributed by atoms with Crippen LogP contribution in [0.15, 0.2) is 0 Å². The number of nitrogens with zero attached hydrogens (tertiary/aromatic N) is 1. The zero-order valence-corrected chi connectivity index (χ0v) is 11.7. The molecule has 6 heteroatoms. The number of carboxylic acid groups (broad SMARTS) is 1. The van der Waals surface area contributed by atoms with Crippen LogP contribution >= 0.6 is 0 Å². The molecule has 0 unspecified atom stereocenters. The van der Waals surface area contributed by atoms with Crippen molar-refractivity contribution in [1.82, 2.24) is 10.2 Å². The first-order chi connectivity index (χ1) is 8.82. The molecule has 2 N–H and O–H groups in total. The van der Waals surface area contributed by atoms with Crippen LogP contribution in [0.25, 0.3) is 0 Å². The van der Waals surface area contributed by atoms with Crippen molar-refractivity contribution in [2.24, 2.45) is 5.41 Å². The van der Waals surface area contributed by atoms with Crippen LogP contribution in [0.1, 0.15) is 20.3 Å². The van der Waals surface area contributed by atoms with Gasteiger partial charge in [-0.1, -0.05) is 19.8 Å². The molecule has 0 saturated heterocycles. The number of aliphatic carboxylic acids is 1. The van der Waals surface area contributed by atoms with Crippen LogP contribution in [-0.4, -0.2) is 55.4 Å². The first-order valence-electron chi connectivity index (χ1n) is 5.99. The Bertz CT molecular complexity index is 347. The highest BCUT2D eigenvalue weighted by atomic mass is 16.5. The molecule has 0 saturated carbocycles. The second-order valence-electron chi connectivity index (χ2n) is 5.02. The van der Waals surface area contributed by atoms with Gasteiger partial charge in [0, 0.05) is 20.3 Å². The van der Waals surface area contributed by atoms with Crippen LogP contribution in [0, 0.1) is 17.8 Å². The van der Waals surface area contributed by atoms with E-state index in [1.54, 1.807) is 7.11 Å². The van der Waals surface area contributed by atoms with Gasteiger partial charge in [0.2, 0.25) is 0 Å². The molecule has 19 heavy (non-hydrogen) atoms. The van der Waals surface area contributed by atoms with E-state index in [9.17, 15) is 9.59 Å². The first-order valence-corrected chi connectivity index (χ1v) is 5.99. The van der Waals surface area contributed by atoms with Gasteiger partial charge in [-0.3, -0.25) is 4.79 Å². The van der Waals surface area contributed by atoms with Crippen molar-refractivity contribution >= 4 is 12.0 Å². The molecule has 0 aromatic carbocycles. The molecule has 0 heterocycles. The number of methoxy groups -OCH3 is 1. The average molecular weight is 270 g/mol. The fourth-order valence-electron chi connectivity index (χ4n) is 1.37. The number of terminal acetylenes is 1. The summed E-state index contributed by atoms with van der Waals surface area (Å²) in [6.07, 6.45) is 5.90. The molecule has 0 aliphatic rings. The standard InChI is InChI=1S/C13H22N2O4/c1-5-7-15(9-11(16)17)12(18)14-10-13(2,3)6-8-19-4/h1H,6-10H2,2-4H3,(H,14,18)(H,16,17). The number of amides is 2. The molecule has 0 radical (unpaired) electrons. The Kier molecular flexibility index (Phi) is 7.61. The van der Waals surface area contributed by atoms with E-state index in [2.05, 4.69) is 11.2 Å². The molecule has 0 fully saturated rings. The number of ether oxygens (including phenoxy) is 1. The van der Waals surface area contributed by atoms with Crippen LogP contribution in [-0.2, 0) is 9.53 Å². The number of carbonyl (C=O) groups is 2. The number of hydrogen-bond acceptors (Lipinski definition) is 3. The summed E-state index contributed by atoms with van der Waals surface area (Å²) in [5, 5.41) is 11.4. The van der Waals surface area contributed by atoms with Crippen molar-refractivity contribution in [3.8, 4) is 12.3 Å². The summed E-state index contributed by atoms with van der Waals surface area (Å²) < 4.78 is 5.00. The average Bonchev–Trinajstić information content (AvgIpc) is 2.32. The summed E-state index contributed by atoms with van der Waals surface area (Å²) in [5.41, 5.74) is -0.128. The maximum absolute atomic E-state index is 11.8. The van der Waals surface area contributed by atoms with E-state index in [0.29, 0.717) is 13.2 Å². The van der Waals surface area contributed by atoms with Crippen molar-refractivity contribution in [1.29, 1.82) is 0 Å². The fourth-order valence-corrected chi connectivity index (χ4v) is 1.37. The van der Waals surface area contributed by atoms with Crippen LogP contribution in [0.4, 0.5) is 4.79 Å². The fraction of sp³-hybridized carbons (Fsp3) is 0.692. The van der Waals surface area contributed by atoms with Gasteiger partial charge < -0.3 is 20.1 Å². The molecule has 0 spiro atoms. The lowest BCUT2D eigenvalue weighted by Gasteiger charge is -2.26. The zero-order valence-electron chi connectivity index (χ0n) is 11.7. The normalized spacial score (nSPS) is 10.6. The SMILES string of the molecule is C#CCN(CC(=O)O)C(=O)NCC(C)(C)CCOC. The Morgan fingerprint density at radius 1 is 1.47 bits per heavy atom. The van der Waals surface area contributed by atoms with Gasteiger partial charge >= 0.3 is 12.0 Å². The van der Waals surface area contributed by atoms with E-state index >= 15 is 0 Å². The number of rotatable bonds is 8. The van der Waals surface area contributed by atoms with Gasteiger partial charge in [-0.25, -0.2) is 4.79 Å². The zero-order chi connectivity index (χ0) is 14.9. The van der Waals surface area contributed by atoms with Crippen LogP contribution in [0.3, 0.4) is 0 Å². The highest BCUT2D eigenvalue weighted by molar-refractivity contribution is 5.80. The molecule has 108 valence electrons. The van der Waals surface area contributed by atoms with Crippen molar-refractivity contribution in [2.75, 3.05) is 33.4 Å². The maximum Gasteiger partial charge on any atom is 0.323 e. The highest BCUT2D eigenvalue weighted by Crippen LogP contribution is 2.18. The van der Waals surface area contributed by atoms with E-state index in [4.69, 9.17) is 16.3 Å². The Morgan fingerprint density at radius 2 is 2.11 bits per heavy atom. The van der Waals surface area contributed by atoms with Gasteiger partial charge in [0.05, 0.1) is 6.54 Å². The van der Waals surface area contributed by atoms with Crippen molar-refractivity contribution in [2.45, 2.75) is 20.3 Å². The lowest BCUT2D eigenvalue weighted by Crippen LogP contribution is -2.45. The number of hydrogen-bond donors (Lipinski definition) is 2. The molecule has 0 aromatic heterocycles. The van der Waals surface area contributed by atoms with E-state index in [1.807, 2.05) is 13.8 Å². The molecule has 6 nitrogen and oxygen atoms in total. The Hall–Kier alpha value is -1.74. The van der Waals surface area contributed by atoms with Gasteiger partial charge in [-0.15, -0.1) is 6.42 Å². The van der Waals surface area contributed by atoms with Crippen LogP contribution < -0.4 is 5.32 Å². The predicted octanol–water partition coefficient (Wildman–Crippen LogP) is 0.778. The topological polar surface area (TPSA) is 78.9 Å². The summed E-state index contributed by atoms with van der Waals surface area (Å²) in [6, 6.07) is -0.467. The van der Waals surface area contributed by atoms with Crippen LogP contribution in [0.5, 0.6) is 0 Å². The molecule has 0 atom stereocenters.